The Morgan fingerprint density at radius 2 is 2.12 bits per heavy atom. The minimum atomic E-state index is 0.461. The van der Waals surface area contributed by atoms with Gasteiger partial charge in [0.25, 0.3) is 0 Å². The van der Waals surface area contributed by atoms with E-state index in [2.05, 4.69) is 30.8 Å². The van der Waals surface area contributed by atoms with Crippen molar-refractivity contribution in [1.82, 2.24) is 25.8 Å². The number of benzene rings is 1. The molecule has 0 aliphatic carbocycles. The van der Waals surface area contributed by atoms with E-state index in [4.69, 9.17) is 16.0 Å². The van der Waals surface area contributed by atoms with Gasteiger partial charge in [-0.1, -0.05) is 23.7 Å². The van der Waals surface area contributed by atoms with Gasteiger partial charge in [0, 0.05) is 18.6 Å². The van der Waals surface area contributed by atoms with Crippen LogP contribution in [0.2, 0.25) is 5.02 Å². The summed E-state index contributed by atoms with van der Waals surface area (Å²) in [6, 6.07) is 11.3. The molecule has 0 amide bonds. The van der Waals surface area contributed by atoms with Gasteiger partial charge in [0.05, 0.1) is 12.8 Å². The van der Waals surface area contributed by atoms with Crippen LogP contribution >= 0.6 is 11.6 Å². The zero-order valence-corrected chi connectivity index (χ0v) is 13.8. The van der Waals surface area contributed by atoms with Gasteiger partial charge >= 0.3 is 0 Å². The van der Waals surface area contributed by atoms with Gasteiger partial charge in [-0.05, 0) is 29.8 Å². The van der Waals surface area contributed by atoms with E-state index < -0.39 is 0 Å². The summed E-state index contributed by atoms with van der Waals surface area (Å²) in [5, 5.41) is 14.1. The van der Waals surface area contributed by atoms with Crippen LogP contribution in [0.25, 0.3) is 11.6 Å². The number of rotatable bonds is 5. The first-order valence-electron chi connectivity index (χ1n) is 7.38. The van der Waals surface area contributed by atoms with Crippen molar-refractivity contribution in [2.45, 2.75) is 13.1 Å². The van der Waals surface area contributed by atoms with E-state index in [0.717, 1.165) is 5.56 Å². The topological polar surface area (TPSA) is 91.1 Å². The lowest BCUT2D eigenvalue weighted by Gasteiger charge is -2.11. The van der Waals surface area contributed by atoms with E-state index in [9.17, 15) is 0 Å². The van der Waals surface area contributed by atoms with Crippen LogP contribution in [0, 0.1) is 0 Å². The largest absolute Gasteiger partial charge is 0.461 e. The summed E-state index contributed by atoms with van der Waals surface area (Å²) in [4.78, 5) is 8.54. The molecule has 3 rings (SSSR count). The molecule has 0 saturated carbocycles. The number of furan rings is 1. The number of hydrogen-bond donors (Lipinski definition) is 3. The molecule has 0 fully saturated rings. The molecule has 0 atom stereocenters. The standard InChI is InChI=1S/C16H17ClN6O/c1-18-16(19-9-11-4-2-5-12(17)8-11)20-10-14-21-15(23-22-14)13-6-3-7-24-13/h2-8H,9-10H2,1H3,(H2,18,19,20)(H,21,22,23). The quantitative estimate of drug-likeness (QED) is 0.489. The summed E-state index contributed by atoms with van der Waals surface area (Å²) in [5.41, 5.74) is 1.07. The first-order chi connectivity index (χ1) is 11.7. The minimum absolute atomic E-state index is 0.461. The molecule has 0 spiro atoms. The number of nitrogens with zero attached hydrogens (tertiary/aromatic N) is 3. The Morgan fingerprint density at radius 3 is 2.88 bits per heavy atom. The van der Waals surface area contributed by atoms with Crippen molar-refractivity contribution >= 4 is 17.6 Å². The summed E-state index contributed by atoms with van der Waals surface area (Å²) in [6.07, 6.45) is 1.59. The highest BCUT2D eigenvalue weighted by Crippen LogP contribution is 2.14. The van der Waals surface area contributed by atoms with Crippen molar-refractivity contribution in [3.05, 3.63) is 59.1 Å². The number of guanidine groups is 1. The van der Waals surface area contributed by atoms with Gasteiger partial charge in [-0.2, -0.15) is 0 Å². The van der Waals surface area contributed by atoms with E-state index >= 15 is 0 Å². The molecule has 24 heavy (non-hydrogen) atoms. The van der Waals surface area contributed by atoms with E-state index in [0.29, 0.717) is 41.5 Å². The van der Waals surface area contributed by atoms with E-state index in [1.54, 1.807) is 19.4 Å². The van der Waals surface area contributed by atoms with Crippen LogP contribution in [0.4, 0.5) is 0 Å². The Balaban J connectivity index is 1.53. The van der Waals surface area contributed by atoms with Crippen molar-refractivity contribution in [2.75, 3.05) is 7.05 Å². The molecule has 124 valence electrons. The molecule has 0 unspecified atom stereocenters. The lowest BCUT2D eigenvalue weighted by molar-refractivity contribution is 0.577. The second-order valence-electron chi connectivity index (χ2n) is 4.99. The Kier molecular flexibility index (Phi) is 5.12. The number of halogens is 1. The van der Waals surface area contributed by atoms with Gasteiger partial charge in [-0.25, -0.2) is 4.98 Å². The van der Waals surface area contributed by atoms with Crippen LogP contribution in [0.15, 0.2) is 52.1 Å². The Bertz CT molecular complexity index is 812. The van der Waals surface area contributed by atoms with Crippen LogP contribution in [-0.4, -0.2) is 28.2 Å². The molecule has 1 aromatic carbocycles. The zero-order valence-electron chi connectivity index (χ0n) is 13.1. The Labute approximate surface area is 144 Å². The predicted molar refractivity (Wildman–Crippen MR) is 92.6 cm³/mol. The van der Waals surface area contributed by atoms with Gasteiger partial charge in [-0.3, -0.25) is 10.1 Å². The highest BCUT2D eigenvalue weighted by molar-refractivity contribution is 6.30. The van der Waals surface area contributed by atoms with Gasteiger partial charge in [0.1, 0.15) is 5.82 Å². The number of H-pyrrole nitrogens is 1. The van der Waals surface area contributed by atoms with Crippen LogP contribution < -0.4 is 10.6 Å². The van der Waals surface area contributed by atoms with Crippen LogP contribution in [0.3, 0.4) is 0 Å². The molecular formula is C16H17ClN6O. The third-order valence-corrected chi connectivity index (χ3v) is 3.50. The average Bonchev–Trinajstić information content (AvgIpc) is 3.26. The van der Waals surface area contributed by atoms with Crippen molar-refractivity contribution in [3.8, 4) is 11.6 Å². The summed E-state index contributed by atoms with van der Waals surface area (Å²) < 4.78 is 5.26. The molecular weight excluding hydrogens is 328 g/mol. The number of aromatic nitrogens is 3. The number of aliphatic imine (C=N–C) groups is 1. The molecule has 0 aliphatic rings. The highest BCUT2D eigenvalue weighted by atomic mass is 35.5. The van der Waals surface area contributed by atoms with E-state index in [1.807, 2.05) is 30.3 Å². The fraction of sp³-hybridized carbons (Fsp3) is 0.188. The van der Waals surface area contributed by atoms with Crippen LogP contribution in [0.5, 0.6) is 0 Å². The van der Waals surface area contributed by atoms with E-state index in [1.165, 1.54) is 0 Å². The molecule has 0 radical (unpaired) electrons. The average molecular weight is 345 g/mol. The van der Waals surface area contributed by atoms with Gasteiger partial charge in [0.2, 0.25) is 5.82 Å². The second-order valence-corrected chi connectivity index (χ2v) is 5.43. The zero-order chi connectivity index (χ0) is 16.8. The summed E-state index contributed by atoms with van der Waals surface area (Å²) in [6.45, 7) is 1.08. The molecule has 7 nitrogen and oxygen atoms in total. The third-order valence-electron chi connectivity index (χ3n) is 3.27. The maximum Gasteiger partial charge on any atom is 0.216 e. The van der Waals surface area contributed by atoms with Crippen molar-refractivity contribution in [1.29, 1.82) is 0 Å². The first-order valence-corrected chi connectivity index (χ1v) is 7.76. The molecule has 3 N–H and O–H groups in total. The number of nitrogens with one attached hydrogen (secondary N) is 3. The lowest BCUT2D eigenvalue weighted by atomic mass is 10.2. The van der Waals surface area contributed by atoms with Crippen molar-refractivity contribution in [2.24, 2.45) is 4.99 Å². The summed E-state index contributed by atoms with van der Waals surface area (Å²) in [5.74, 6) is 2.50. The number of aromatic amines is 1. The molecule has 0 saturated heterocycles. The van der Waals surface area contributed by atoms with E-state index in [-0.39, 0.29) is 0 Å². The third kappa shape index (κ3) is 4.14. The van der Waals surface area contributed by atoms with Gasteiger partial charge < -0.3 is 15.1 Å². The monoisotopic (exact) mass is 344 g/mol. The molecule has 0 aliphatic heterocycles. The SMILES string of the molecule is CN=C(NCc1cccc(Cl)c1)NCc1nc(-c2ccco2)n[nH]1. The van der Waals surface area contributed by atoms with Gasteiger partial charge in [-0.15, -0.1) is 5.10 Å². The Hall–Kier alpha value is -2.80. The highest BCUT2D eigenvalue weighted by Gasteiger charge is 2.08. The normalized spacial score (nSPS) is 11.5. The minimum Gasteiger partial charge on any atom is -0.461 e. The lowest BCUT2D eigenvalue weighted by Crippen LogP contribution is -2.36. The molecule has 3 aromatic rings. The molecule has 2 aromatic heterocycles. The van der Waals surface area contributed by atoms with Crippen molar-refractivity contribution in [3.63, 3.8) is 0 Å². The fourth-order valence-corrected chi connectivity index (χ4v) is 2.32. The first kappa shape index (κ1) is 16.1. The summed E-state index contributed by atoms with van der Waals surface area (Å²) in [7, 11) is 1.71. The molecule has 0 bridgehead atoms. The molecule has 2 heterocycles. The van der Waals surface area contributed by atoms with Crippen LogP contribution in [0.1, 0.15) is 11.4 Å². The summed E-state index contributed by atoms with van der Waals surface area (Å²) >= 11 is 5.98. The second kappa shape index (κ2) is 7.65. The molecule has 8 heteroatoms. The van der Waals surface area contributed by atoms with Crippen LogP contribution in [-0.2, 0) is 13.1 Å². The maximum atomic E-state index is 5.98. The number of hydrogen-bond acceptors (Lipinski definition) is 4. The Morgan fingerprint density at radius 1 is 1.25 bits per heavy atom. The van der Waals surface area contributed by atoms with Crippen molar-refractivity contribution < 1.29 is 4.42 Å². The fourth-order valence-electron chi connectivity index (χ4n) is 2.11. The predicted octanol–water partition coefficient (Wildman–Crippen LogP) is 2.58. The van der Waals surface area contributed by atoms with Gasteiger partial charge in [0.15, 0.2) is 11.7 Å². The maximum absolute atomic E-state index is 5.98. The smallest absolute Gasteiger partial charge is 0.216 e.